The molecule has 1 aromatic heterocycles. The third kappa shape index (κ3) is 2.08. The second kappa shape index (κ2) is 4.81. The number of hydrogen-bond acceptors (Lipinski definition) is 3. The van der Waals surface area contributed by atoms with Crippen molar-refractivity contribution in [1.29, 1.82) is 0 Å². The zero-order chi connectivity index (χ0) is 13.4. The lowest BCUT2D eigenvalue weighted by Gasteiger charge is -2.09. The summed E-state index contributed by atoms with van der Waals surface area (Å²) in [7, 11) is 0. The molecule has 0 unspecified atom stereocenters. The van der Waals surface area contributed by atoms with E-state index < -0.39 is 17.2 Å². The summed E-state index contributed by atoms with van der Waals surface area (Å²) in [5, 5.41) is 8.97. The molecule has 0 aliphatic carbocycles. The Morgan fingerprint density at radius 2 is 2.00 bits per heavy atom. The number of fused-ring (bicyclic) bond motifs is 1. The molecule has 18 heavy (non-hydrogen) atoms. The third-order valence-electron chi connectivity index (χ3n) is 2.51. The molecule has 0 aliphatic heterocycles. The first kappa shape index (κ1) is 13.2. The molecule has 0 atom stereocenters. The normalized spacial score (nSPS) is 10.8. The Morgan fingerprint density at radius 1 is 1.39 bits per heavy atom. The maximum atomic E-state index is 11.9. The number of carbonyl (C=O) groups is 1. The molecule has 2 rings (SSSR count). The first-order valence-corrected chi connectivity index (χ1v) is 6.67. The van der Waals surface area contributed by atoms with E-state index in [0.29, 0.717) is 17.6 Å². The average molecular weight is 376 g/mol. The molecule has 1 heterocycles. The van der Waals surface area contributed by atoms with Gasteiger partial charge in [0, 0.05) is 15.5 Å². The Hall–Kier alpha value is -1.21. The summed E-state index contributed by atoms with van der Waals surface area (Å²) in [4.78, 5) is 26.8. The topological polar surface area (TPSA) is 72.2 Å². The van der Waals surface area contributed by atoms with Crippen LogP contribution in [0, 0.1) is 0 Å². The molecule has 7 heteroatoms. The van der Waals surface area contributed by atoms with Crippen LogP contribution in [0.25, 0.3) is 11.0 Å². The highest BCUT2D eigenvalue weighted by Gasteiger charge is 2.16. The maximum absolute atomic E-state index is 11.9. The second-order valence-electron chi connectivity index (χ2n) is 3.57. The van der Waals surface area contributed by atoms with Crippen molar-refractivity contribution in [2.24, 2.45) is 0 Å². The SMILES string of the molecule is CCn1c(=O)c(C(=O)O)nc2cc(Br)c(Br)cc21. The maximum Gasteiger partial charge on any atom is 0.360 e. The van der Waals surface area contributed by atoms with E-state index in [9.17, 15) is 9.59 Å². The fraction of sp³-hybridized carbons (Fsp3) is 0.182. The molecule has 5 nitrogen and oxygen atoms in total. The van der Waals surface area contributed by atoms with Crippen LogP contribution in [0.1, 0.15) is 17.4 Å². The quantitative estimate of drug-likeness (QED) is 0.875. The number of halogens is 2. The van der Waals surface area contributed by atoms with Crippen LogP contribution in [0.3, 0.4) is 0 Å². The van der Waals surface area contributed by atoms with Crippen LogP contribution in [-0.2, 0) is 6.54 Å². The van der Waals surface area contributed by atoms with Gasteiger partial charge in [0.1, 0.15) is 0 Å². The van der Waals surface area contributed by atoms with Crippen molar-refractivity contribution in [2.45, 2.75) is 13.5 Å². The lowest BCUT2D eigenvalue weighted by Crippen LogP contribution is -2.28. The average Bonchev–Trinajstić information content (AvgIpc) is 2.30. The van der Waals surface area contributed by atoms with Crippen molar-refractivity contribution in [3.63, 3.8) is 0 Å². The fourth-order valence-electron chi connectivity index (χ4n) is 1.69. The van der Waals surface area contributed by atoms with Crippen LogP contribution in [0.4, 0.5) is 0 Å². The molecule has 2 aromatic rings. The largest absolute Gasteiger partial charge is 0.476 e. The van der Waals surface area contributed by atoms with Crippen LogP contribution in [0.2, 0.25) is 0 Å². The van der Waals surface area contributed by atoms with E-state index in [2.05, 4.69) is 36.8 Å². The van der Waals surface area contributed by atoms with Gasteiger partial charge in [0.15, 0.2) is 0 Å². The van der Waals surface area contributed by atoms with E-state index in [1.807, 2.05) is 0 Å². The summed E-state index contributed by atoms with van der Waals surface area (Å²) in [5.74, 6) is -1.32. The molecule has 1 aromatic carbocycles. The number of rotatable bonds is 2. The Bertz CT molecular complexity index is 709. The van der Waals surface area contributed by atoms with Gasteiger partial charge in [-0.3, -0.25) is 4.79 Å². The smallest absolute Gasteiger partial charge is 0.360 e. The van der Waals surface area contributed by atoms with Crippen molar-refractivity contribution in [3.05, 3.63) is 37.1 Å². The number of benzene rings is 1. The zero-order valence-corrected chi connectivity index (χ0v) is 12.4. The van der Waals surface area contributed by atoms with E-state index in [0.717, 1.165) is 8.95 Å². The van der Waals surface area contributed by atoms with E-state index in [-0.39, 0.29) is 0 Å². The van der Waals surface area contributed by atoms with Crippen molar-refractivity contribution in [3.8, 4) is 0 Å². The van der Waals surface area contributed by atoms with Gasteiger partial charge in [0.25, 0.3) is 5.56 Å². The summed E-state index contributed by atoms with van der Waals surface area (Å²) in [6.07, 6.45) is 0. The highest BCUT2D eigenvalue weighted by atomic mass is 79.9. The number of carboxylic acids is 1. The van der Waals surface area contributed by atoms with Gasteiger partial charge in [-0.1, -0.05) is 0 Å². The molecule has 0 fully saturated rings. The molecular weight excluding hydrogens is 368 g/mol. The summed E-state index contributed by atoms with van der Waals surface area (Å²) < 4.78 is 2.92. The number of aromatic nitrogens is 2. The van der Waals surface area contributed by atoms with Crippen LogP contribution in [0.5, 0.6) is 0 Å². The van der Waals surface area contributed by atoms with E-state index in [1.165, 1.54) is 4.57 Å². The minimum atomic E-state index is -1.32. The molecule has 0 saturated heterocycles. The number of aromatic carboxylic acids is 1. The van der Waals surface area contributed by atoms with Crippen LogP contribution < -0.4 is 5.56 Å². The Labute approximate surface area is 119 Å². The van der Waals surface area contributed by atoms with E-state index in [4.69, 9.17) is 5.11 Å². The molecule has 0 spiro atoms. The zero-order valence-electron chi connectivity index (χ0n) is 9.28. The number of hydrogen-bond donors (Lipinski definition) is 1. The van der Waals surface area contributed by atoms with E-state index in [1.54, 1.807) is 19.1 Å². The number of aryl methyl sites for hydroxylation is 1. The molecule has 0 radical (unpaired) electrons. The highest BCUT2D eigenvalue weighted by molar-refractivity contribution is 9.13. The van der Waals surface area contributed by atoms with Crippen molar-refractivity contribution >= 4 is 48.9 Å². The van der Waals surface area contributed by atoms with Gasteiger partial charge in [0.05, 0.1) is 11.0 Å². The predicted molar refractivity (Wildman–Crippen MR) is 74.0 cm³/mol. The molecule has 1 N–H and O–H groups in total. The van der Waals surface area contributed by atoms with Gasteiger partial charge in [-0.15, -0.1) is 0 Å². The van der Waals surface area contributed by atoms with Gasteiger partial charge in [-0.25, -0.2) is 9.78 Å². The minimum Gasteiger partial charge on any atom is -0.476 e. The van der Waals surface area contributed by atoms with E-state index >= 15 is 0 Å². The fourth-order valence-corrected chi connectivity index (χ4v) is 2.35. The Kier molecular flexibility index (Phi) is 3.54. The Morgan fingerprint density at radius 3 is 2.56 bits per heavy atom. The lowest BCUT2D eigenvalue weighted by atomic mass is 10.2. The molecule has 94 valence electrons. The van der Waals surface area contributed by atoms with Crippen molar-refractivity contribution < 1.29 is 9.90 Å². The monoisotopic (exact) mass is 374 g/mol. The van der Waals surface area contributed by atoms with Gasteiger partial charge < -0.3 is 9.67 Å². The van der Waals surface area contributed by atoms with Gasteiger partial charge in [0.2, 0.25) is 5.69 Å². The van der Waals surface area contributed by atoms with Gasteiger partial charge >= 0.3 is 5.97 Å². The molecule has 0 bridgehead atoms. The molecule has 0 saturated carbocycles. The van der Waals surface area contributed by atoms with Crippen molar-refractivity contribution in [2.75, 3.05) is 0 Å². The second-order valence-corrected chi connectivity index (χ2v) is 5.28. The van der Waals surface area contributed by atoms with Crippen LogP contribution in [0.15, 0.2) is 25.9 Å². The van der Waals surface area contributed by atoms with Crippen molar-refractivity contribution in [1.82, 2.24) is 9.55 Å². The van der Waals surface area contributed by atoms with Gasteiger partial charge in [-0.2, -0.15) is 0 Å². The standard InChI is InChI=1S/C11H8Br2N2O3/c1-2-15-8-4-6(13)5(12)3-7(8)14-9(10(15)16)11(17)18/h3-4H,2H2,1H3,(H,17,18). The summed E-state index contributed by atoms with van der Waals surface area (Å²) in [6.45, 7) is 2.16. The lowest BCUT2D eigenvalue weighted by molar-refractivity contribution is 0.0688. The predicted octanol–water partition coefficient (Wildman–Crippen LogP) is 2.64. The molecular formula is C11H8Br2N2O3. The van der Waals surface area contributed by atoms with Crippen LogP contribution in [-0.4, -0.2) is 20.6 Å². The first-order valence-electron chi connectivity index (χ1n) is 5.08. The summed E-state index contributed by atoms with van der Waals surface area (Å²) in [6, 6.07) is 3.42. The van der Waals surface area contributed by atoms with Crippen LogP contribution >= 0.6 is 31.9 Å². The summed E-state index contributed by atoms with van der Waals surface area (Å²) in [5.41, 5.74) is 0.0109. The number of nitrogens with zero attached hydrogens (tertiary/aromatic N) is 2. The summed E-state index contributed by atoms with van der Waals surface area (Å²) >= 11 is 6.67. The number of carboxylic acid groups (broad SMARTS) is 1. The minimum absolute atomic E-state index is 0.381. The van der Waals surface area contributed by atoms with Gasteiger partial charge in [-0.05, 0) is 50.9 Å². The third-order valence-corrected chi connectivity index (χ3v) is 4.35. The first-order chi connectivity index (χ1) is 8.45. The molecule has 0 aliphatic rings. The Balaban J connectivity index is 2.97. The highest BCUT2D eigenvalue weighted by Crippen LogP contribution is 2.27. The molecule has 0 amide bonds.